The summed E-state index contributed by atoms with van der Waals surface area (Å²) in [6.45, 7) is 1.18. The summed E-state index contributed by atoms with van der Waals surface area (Å²) in [5, 5.41) is 3.82. The number of nitrogens with zero attached hydrogens (tertiary/aromatic N) is 1. The monoisotopic (exact) mass is 380 g/mol. The molecule has 0 bridgehead atoms. The first kappa shape index (κ1) is 17.7. The molecule has 0 saturated heterocycles. The van der Waals surface area contributed by atoms with Crippen LogP contribution in [-0.4, -0.2) is 37.2 Å². The van der Waals surface area contributed by atoms with Crippen molar-refractivity contribution in [2.24, 2.45) is 0 Å². The third-order valence-electron chi connectivity index (χ3n) is 3.80. The highest BCUT2D eigenvalue weighted by Gasteiger charge is 2.21. The number of rotatable bonds is 4. The van der Waals surface area contributed by atoms with Gasteiger partial charge in [-0.3, -0.25) is 0 Å². The summed E-state index contributed by atoms with van der Waals surface area (Å²) >= 11 is 11.9. The van der Waals surface area contributed by atoms with Crippen LogP contribution in [0.15, 0.2) is 42.5 Å². The number of ether oxygens (including phenoxy) is 2. The number of benzene rings is 2. The Kier molecular flexibility index (Phi) is 5.56. The van der Waals surface area contributed by atoms with Crippen molar-refractivity contribution in [3.63, 3.8) is 0 Å². The second kappa shape index (κ2) is 7.85. The second-order valence-electron chi connectivity index (χ2n) is 5.79. The summed E-state index contributed by atoms with van der Waals surface area (Å²) in [5.74, 6) is 1.42. The Bertz CT molecular complexity index is 770. The standard InChI is InChI=1S/C18H18Cl2N2O3/c1-22(10-12-6-7-14(19)15(20)8-12)18(23)21-9-13-11-24-16-4-2-3-5-17(16)25-13/h2-8,13H,9-11H2,1H3,(H,21,23)/t13-/m0/s1. The lowest BCUT2D eigenvalue weighted by atomic mass is 10.2. The van der Waals surface area contributed by atoms with Crippen molar-refractivity contribution in [2.75, 3.05) is 20.2 Å². The van der Waals surface area contributed by atoms with E-state index < -0.39 is 0 Å². The predicted octanol–water partition coefficient (Wildman–Crippen LogP) is 3.97. The molecule has 2 aromatic rings. The van der Waals surface area contributed by atoms with Crippen LogP contribution in [0.5, 0.6) is 11.5 Å². The van der Waals surface area contributed by atoms with Crippen molar-refractivity contribution in [3.05, 3.63) is 58.1 Å². The quantitative estimate of drug-likeness (QED) is 0.872. The van der Waals surface area contributed by atoms with E-state index in [9.17, 15) is 4.79 Å². The fourth-order valence-electron chi connectivity index (χ4n) is 2.48. The normalized spacial score (nSPS) is 15.6. The first-order chi connectivity index (χ1) is 12.0. The maximum Gasteiger partial charge on any atom is 0.317 e. The third kappa shape index (κ3) is 4.50. The van der Waals surface area contributed by atoms with Crippen LogP contribution in [-0.2, 0) is 6.54 Å². The number of carbonyl (C=O) groups excluding carboxylic acids is 1. The lowest BCUT2D eigenvalue weighted by molar-refractivity contribution is 0.0904. The SMILES string of the molecule is CN(Cc1ccc(Cl)c(Cl)c1)C(=O)NC[C@H]1COc2ccccc2O1. The summed E-state index contributed by atoms with van der Waals surface area (Å²) in [5.41, 5.74) is 0.901. The van der Waals surface area contributed by atoms with Crippen LogP contribution >= 0.6 is 23.2 Å². The lowest BCUT2D eigenvalue weighted by Crippen LogP contribution is -2.44. The number of urea groups is 1. The van der Waals surface area contributed by atoms with E-state index in [4.69, 9.17) is 32.7 Å². The van der Waals surface area contributed by atoms with Crippen molar-refractivity contribution < 1.29 is 14.3 Å². The zero-order chi connectivity index (χ0) is 17.8. The van der Waals surface area contributed by atoms with Crippen molar-refractivity contribution in [2.45, 2.75) is 12.6 Å². The summed E-state index contributed by atoms with van der Waals surface area (Å²) in [4.78, 5) is 13.8. The molecular formula is C18H18Cl2N2O3. The van der Waals surface area contributed by atoms with Gasteiger partial charge >= 0.3 is 6.03 Å². The van der Waals surface area contributed by atoms with E-state index in [0.717, 1.165) is 11.3 Å². The van der Waals surface area contributed by atoms with E-state index in [0.29, 0.717) is 35.5 Å². The number of halogens is 2. The van der Waals surface area contributed by atoms with Gasteiger partial charge in [0.1, 0.15) is 6.61 Å². The molecule has 1 aliphatic rings. The van der Waals surface area contributed by atoms with E-state index in [-0.39, 0.29) is 12.1 Å². The zero-order valence-electron chi connectivity index (χ0n) is 13.7. The highest BCUT2D eigenvalue weighted by atomic mass is 35.5. The Morgan fingerprint density at radius 1 is 1.20 bits per heavy atom. The Hall–Kier alpha value is -2.11. The van der Waals surface area contributed by atoms with Gasteiger partial charge in [0.05, 0.1) is 16.6 Å². The van der Waals surface area contributed by atoms with Gasteiger partial charge in [-0.15, -0.1) is 0 Å². The van der Waals surface area contributed by atoms with Crippen LogP contribution in [0.3, 0.4) is 0 Å². The summed E-state index contributed by atoms with van der Waals surface area (Å²) < 4.78 is 11.5. The molecule has 0 radical (unpaired) electrons. The topological polar surface area (TPSA) is 50.8 Å². The third-order valence-corrected chi connectivity index (χ3v) is 4.54. The van der Waals surface area contributed by atoms with E-state index >= 15 is 0 Å². The smallest absolute Gasteiger partial charge is 0.317 e. The molecule has 1 heterocycles. The Morgan fingerprint density at radius 2 is 1.96 bits per heavy atom. The molecule has 5 nitrogen and oxygen atoms in total. The number of fused-ring (bicyclic) bond motifs is 1. The van der Waals surface area contributed by atoms with Gasteiger partial charge in [-0.2, -0.15) is 0 Å². The minimum Gasteiger partial charge on any atom is -0.486 e. The molecule has 25 heavy (non-hydrogen) atoms. The molecule has 2 aromatic carbocycles. The van der Waals surface area contributed by atoms with Crippen LogP contribution in [0, 0.1) is 0 Å². The van der Waals surface area contributed by atoms with E-state index in [2.05, 4.69) is 5.32 Å². The molecule has 1 aliphatic heterocycles. The maximum atomic E-state index is 12.2. The minimum absolute atomic E-state index is 0.200. The predicted molar refractivity (Wildman–Crippen MR) is 97.7 cm³/mol. The van der Waals surface area contributed by atoms with Crippen molar-refractivity contribution >= 4 is 29.2 Å². The Balaban J connectivity index is 1.50. The van der Waals surface area contributed by atoms with Crippen LogP contribution in [0.1, 0.15) is 5.56 Å². The maximum absolute atomic E-state index is 12.2. The van der Waals surface area contributed by atoms with Gasteiger partial charge in [-0.05, 0) is 29.8 Å². The average molecular weight is 381 g/mol. The van der Waals surface area contributed by atoms with E-state index in [1.54, 1.807) is 24.1 Å². The summed E-state index contributed by atoms with van der Waals surface area (Å²) in [7, 11) is 1.71. The Morgan fingerprint density at radius 3 is 2.72 bits per heavy atom. The van der Waals surface area contributed by atoms with E-state index in [1.165, 1.54) is 0 Å². The summed E-state index contributed by atoms with van der Waals surface area (Å²) in [6.07, 6.45) is -0.225. The molecule has 1 atom stereocenters. The highest BCUT2D eigenvalue weighted by molar-refractivity contribution is 6.42. The van der Waals surface area contributed by atoms with Gasteiger partial charge in [0.15, 0.2) is 17.6 Å². The van der Waals surface area contributed by atoms with Crippen molar-refractivity contribution in [1.82, 2.24) is 10.2 Å². The van der Waals surface area contributed by atoms with Crippen molar-refractivity contribution in [1.29, 1.82) is 0 Å². The summed E-state index contributed by atoms with van der Waals surface area (Å²) in [6, 6.07) is 12.6. The first-order valence-electron chi connectivity index (χ1n) is 7.84. The molecule has 0 aromatic heterocycles. The minimum atomic E-state index is -0.225. The Labute approximate surface area is 156 Å². The van der Waals surface area contributed by atoms with Crippen LogP contribution in [0.25, 0.3) is 0 Å². The van der Waals surface area contributed by atoms with Gasteiger partial charge in [0.2, 0.25) is 0 Å². The number of amides is 2. The zero-order valence-corrected chi connectivity index (χ0v) is 15.2. The lowest BCUT2D eigenvalue weighted by Gasteiger charge is -2.27. The fourth-order valence-corrected chi connectivity index (χ4v) is 2.80. The number of carbonyl (C=O) groups is 1. The first-order valence-corrected chi connectivity index (χ1v) is 8.60. The molecular weight excluding hydrogens is 363 g/mol. The van der Waals surface area contributed by atoms with Crippen LogP contribution in [0.2, 0.25) is 10.0 Å². The molecule has 0 fully saturated rings. The van der Waals surface area contributed by atoms with Gasteiger partial charge in [-0.1, -0.05) is 41.4 Å². The van der Waals surface area contributed by atoms with Gasteiger partial charge in [-0.25, -0.2) is 4.79 Å². The molecule has 0 saturated carbocycles. The van der Waals surface area contributed by atoms with Gasteiger partial charge < -0.3 is 19.7 Å². The number of para-hydroxylation sites is 2. The fraction of sp³-hybridized carbons (Fsp3) is 0.278. The molecule has 7 heteroatoms. The van der Waals surface area contributed by atoms with E-state index in [1.807, 2.05) is 30.3 Å². The highest BCUT2D eigenvalue weighted by Crippen LogP contribution is 2.30. The number of hydrogen-bond acceptors (Lipinski definition) is 3. The van der Waals surface area contributed by atoms with Gasteiger partial charge in [0, 0.05) is 13.6 Å². The molecule has 0 unspecified atom stereocenters. The van der Waals surface area contributed by atoms with Crippen molar-refractivity contribution in [3.8, 4) is 11.5 Å². The van der Waals surface area contributed by atoms with Gasteiger partial charge in [0.25, 0.3) is 0 Å². The van der Waals surface area contributed by atoms with Crippen LogP contribution in [0.4, 0.5) is 4.79 Å². The molecule has 0 spiro atoms. The molecule has 1 N–H and O–H groups in total. The molecule has 0 aliphatic carbocycles. The number of nitrogens with one attached hydrogen (secondary N) is 1. The molecule has 3 rings (SSSR count). The van der Waals surface area contributed by atoms with Crippen LogP contribution < -0.4 is 14.8 Å². The molecule has 2 amide bonds. The average Bonchev–Trinajstić information content (AvgIpc) is 2.62. The second-order valence-corrected chi connectivity index (χ2v) is 6.60. The molecule has 132 valence electrons. The number of hydrogen-bond donors (Lipinski definition) is 1. The largest absolute Gasteiger partial charge is 0.486 e.